The van der Waals surface area contributed by atoms with Gasteiger partial charge in [0.2, 0.25) is 0 Å². The summed E-state index contributed by atoms with van der Waals surface area (Å²) in [5.74, 6) is 0.799. The van der Waals surface area contributed by atoms with Gasteiger partial charge in [0.1, 0.15) is 5.75 Å². The zero-order valence-electron chi connectivity index (χ0n) is 23.0. The first-order valence-electron chi connectivity index (χ1n) is 13.6. The highest BCUT2D eigenvalue weighted by Gasteiger charge is 2.32. The van der Waals surface area contributed by atoms with Gasteiger partial charge in [-0.05, 0) is 120 Å². The van der Waals surface area contributed by atoms with Crippen molar-refractivity contribution < 1.29 is 4.74 Å². The molecule has 7 heteroatoms. The van der Waals surface area contributed by atoms with Crippen molar-refractivity contribution in [3.05, 3.63) is 141 Å². The van der Waals surface area contributed by atoms with Crippen LogP contribution in [0.4, 0.5) is 0 Å². The van der Waals surface area contributed by atoms with Crippen LogP contribution in [0.5, 0.6) is 5.75 Å². The molecule has 0 saturated heterocycles. The van der Waals surface area contributed by atoms with Crippen molar-refractivity contribution in [3.63, 3.8) is 0 Å². The molecule has 1 atom stereocenters. The number of rotatable bonds is 4. The Balaban J connectivity index is 1.42. The largest absolute Gasteiger partial charge is 0.497 e. The Bertz CT molecular complexity index is 2030. The number of thiazole rings is 1. The van der Waals surface area contributed by atoms with E-state index in [1.165, 1.54) is 31.6 Å². The number of aromatic nitrogens is 2. The van der Waals surface area contributed by atoms with Crippen LogP contribution in [0.25, 0.3) is 17.5 Å². The molecule has 0 unspecified atom stereocenters. The third-order valence-corrected chi connectivity index (χ3v) is 9.85. The highest BCUT2D eigenvalue weighted by molar-refractivity contribution is 14.1. The molecule has 0 spiro atoms. The Kier molecular flexibility index (Phi) is 6.59. The molecule has 3 aromatic carbocycles. The van der Waals surface area contributed by atoms with Crippen LogP contribution in [0.15, 0.2) is 94.2 Å². The van der Waals surface area contributed by atoms with Crippen LogP contribution in [0, 0.1) is 17.4 Å². The van der Waals surface area contributed by atoms with Crippen LogP contribution >= 0.6 is 33.9 Å². The third-order valence-electron chi connectivity index (χ3n) is 8.15. The predicted molar refractivity (Wildman–Crippen MR) is 174 cm³/mol. The van der Waals surface area contributed by atoms with Crippen LogP contribution in [0.2, 0.25) is 0 Å². The summed E-state index contributed by atoms with van der Waals surface area (Å²) in [7, 11) is 1.67. The smallest absolute Gasteiger partial charge is 0.271 e. The van der Waals surface area contributed by atoms with Crippen molar-refractivity contribution in [2.45, 2.75) is 32.7 Å². The molecule has 0 bridgehead atoms. The van der Waals surface area contributed by atoms with Gasteiger partial charge in [-0.1, -0.05) is 47.7 Å². The number of ether oxygens (including phenoxy) is 1. The topological polar surface area (TPSA) is 48.5 Å². The van der Waals surface area contributed by atoms with Crippen LogP contribution in [-0.4, -0.2) is 16.2 Å². The van der Waals surface area contributed by atoms with E-state index in [4.69, 9.17) is 9.73 Å². The SMILES string of the molecule is COc1ccc([C@H]2C3=C(N=c4s/c(=C/c5cc(C)n(-c6ccc(I)cc6)c5C)c(=O)n42)c2ccccc2CC3)cc1. The number of hydrogen-bond donors (Lipinski definition) is 0. The number of allylic oxidation sites excluding steroid dienone is 1. The third kappa shape index (κ3) is 4.42. The molecule has 2 aliphatic rings. The molecule has 0 amide bonds. The summed E-state index contributed by atoms with van der Waals surface area (Å²) >= 11 is 3.80. The summed E-state index contributed by atoms with van der Waals surface area (Å²) in [6.45, 7) is 4.22. The van der Waals surface area contributed by atoms with Gasteiger partial charge in [0, 0.05) is 26.2 Å². The maximum atomic E-state index is 14.2. The van der Waals surface area contributed by atoms with E-state index in [1.807, 2.05) is 22.8 Å². The van der Waals surface area contributed by atoms with E-state index < -0.39 is 0 Å². The van der Waals surface area contributed by atoms with E-state index in [0.717, 1.165) is 57.3 Å². The zero-order chi connectivity index (χ0) is 28.2. The quantitative estimate of drug-likeness (QED) is 0.210. The monoisotopic (exact) mass is 669 g/mol. The van der Waals surface area contributed by atoms with Gasteiger partial charge in [-0.2, -0.15) is 0 Å². The molecule has 5 nitrogen and oxygen atoms in total. The molecule has 2 aromatic heterocycles. The molecule has 1 aliphatic carbocycles. The summed E-state index contributed by atoms with van der Waals surface area (Å²) in [5.41, 5.74) is 10.2. The minimum absolute atomic E-state index is 0.000885. The first-order valence-corrected chi connectivity index (χ1v) is 15.5. The molecule has 0 fully saturated rings. The molecule has 41 heavy (non-hydrogen) atoms. The lowest BCUT2D eigenvalue weighted by atomic mass is 9.83. The van der Waals surface area contributed by atoms with Gasteiger partial charge < -0.3 is 9.30 Å². The maximum absolute atomic E-state index is 14.2. The minimum atomic E-state index is -0.207. The molecule has 3 heterocycles. The van der Waals surface area contributed by atoms with Gasteiger partial charge in [0.05, 0.1) is 23.4 Å². The molecule has 0 N–H and O–H groups in total. The van der Waals surface area contributed by atoms with Crippen LogP contribution in [0.3, 0.4) is 0 Å². The van der Waals surface area contributed by atoms with Crippen molar-refractivity contribution in [1.82, 2.24) is 9.13 Å². The van der Waals surface area contributed by atoms with E-state index in [1.54, 1.807) is 7.11 Å². The Morgan fingerprint density at radius 2 is 1.76 bits per heavy atom. The predicted octanol–water partition coefficient (Wildman–Crippen LogP) is 6.34. The Labute approximate surface area is 255 Å². The van der Waals surface area contributed by atoms with Crippen LogP contribution in [0.1, 0.15) is 46.1 Å². The van der Waals surface area contributed by atoms with Crippen molar-refractivity contribution in [3.8, 4) is 11.4 Å². The van der Waals surface area contributed by atoms with Gasteiger partial charge in [-0.15, -0.1) is 0 Å². The van der Waals surface area contributed by atoms with E-state index in [9.17, 15) is 4.79 Å². The second-order valence-corrected chi connectivity index (χ2v) is 12.8. The molecular formula is C34H28IN3O2S. The molecule has 0 radical (unpaired) electrons. The highest BCUT2D eigenvalue weighted by atomic mass is 127. The lowest BCUT2D eigenvalue weighted by Gasteiger charge is -2.30. The van der Waals surface area contributed by atoms with Gasteiger partial charge in [0.25, 0.3) is 5.56 Å². The Morgan fingerprint density at radius 1 is 1.00 bits per heavy atom. The highest BCUT2D eigenvalue weighted by Crippen LogP contribution is 2.41. The van der Waals surface area contributed by atoms with E-state index in [0.29, 0.717) is 4.53 Å². The van der Waals surface area contributed by atoms with Gasteiger partial charge >= 0.3 is 0 Å². The molecule has 204 valence electrons. The number of nitrogens with zero attached hydrogens (tertiary/aromatic N) is 3. The molecule has 5 aromatic rings. The first-order chi connectivity index (χ1) is 19.9. The van der Waals surface area contributed by atoms with Crippen molar-refractivity contribution in [2.75, 3.05) is 7.11 Å². The first kappa shape index (κ1) is 26.2. The Morgan fingerprint density at radius 3 is 2.51 bits per heavy atom. The number of methoxy groups -OCH3 is 1. The van der Waals surface area contributed by atoms with Crippen molar-refractivity contribution in [1.29, 1.82) is 0 Å². The number of benzene rings is 3. The normalized spacial score (nSPS) is 16.2. The fourth-order valence-electron chi connectivity index (χ4n) is 6.17. The fourth-order valence-corrected chi connectivity index (χ4v) is 7.52. The van der Waals surface area contributed by atoms with Crippen molar-refractivity contribution >= 4 is 45.7 Å². The number of hydrogen-bond acceptors (Lipinski definition) is 4. The van der Waals surface area contributed by atoms with Gasteiger partial charge in [0.15, 0.2) is 4.80 Å². The maximum Gasteiger partial charge on any atom is 0.271 e. The van der Waals surface area contributed by atoms with Crippen LogP contribution < -0.4 is 19.6 Å². The van der Waals surface area contributed by atoms with Crippen LogP contribution in [-0.2, 0) is 6.42 Å². The Hall–Kier alpha value is -3.69. The average Bonchev–Trinajstić information content (AvgIpc) is 3.46. The standard InChI is InChI=1S/C34H28IN3O2S/c1-20-18-24(21(2)37(20)26-13-11-25(35)12-14-26)19-30-33(39)38-32(23-8-15-27(40-3)16-9-23)29-17-10-22-6-4-5-7-28(22)31(29)36-34(38)41-30/h4-9,11-16,18-19,32H,10,17H2,1-3H3/b30-19+/t32-/m0/s1. The van der Waals surface area contributed by atoms with E-state index in [-0.39, 0.29) is 11.6 Å². The molecule has 0 saturated carbocycles. The zero-order valence-corrected chi connectivity index (χ0v) is 26.0. The summed E-state index contributed by atoms with van der Waals surface area (Å²) in [4.78, 5) is 20.1. The molecule has 7 rings (SSSR count). The second-order valence-electron chi connectivity index (χ2n) is 10.5. The number of halogens is 1. The lowest BCUT2D eigenvalue weighted by molar-refractivity contribution is 0.414. The fraction of sp³-hybridized carbons (Fsp3) is 0.176. The summed E-state index contributed by atoms with van der Waals surface area (Å²) in [5, 5.41) is 0. The summed E-state index contributed by atoms with van der Waals surface area (Å²) in [6.07, 6.45) is 3.84. The van der Waals surface area contributed by atoms with Gasteiger partial charge in [-0.3, -0.25) is 9.36 Å². The van der Waals surface area contributed by atoms with Crippen molar-refractivity contribution in [2.24, 2.45) is 4.99 Å². The average molecular weight is 670 g/mol. The molecule has 1 aliphatic heterocycles. The minimum Gasteiger partial charge on any atom is -0.497 e. The van der Waals surface area contributed by atoms with E-state index in [2.05, 4.69) is 108 Å². The second kappa shape index (κ2) is 10.3. The number of aryl methyl sites for hydroxylation is 2. The summed E-state index contributed by atoms with van der Waals surface area (Å²) < 4.78 is 11.5. The van der Waals surface area contributed by atoms with E-state index >= 15 is 0 Å². The number of fused-ring (bicyclic) bond motifs is 3. The summed E-state index contributed by atoms with van der Waals surface area (Å²) in [6, 6.07) is 27.1. The van der Waals surface area contributed by atoms with Gasteiger partial charge in [-0.25, -0.2) is 4.99 Å². The lowest BCUT2D eigenvalue weighted by Crippen LogP contribution is -2.38. The molecular weight excluding hydrogens is 641 g/mol.